The van der Waals surface area contributed by atoms with Crippen molar-refractivity contribution in [3.8, 4) is 0 Å². The quantitative estimate of drug-likeness (QED) is 0.164. The zero-order valence-corrected chi connectivity index (χ0v) is 28.8. The molecule has 5 rings (SSSR count). The van der Waals surface area contributed by atoms with Crippen LogP contribution in [0.5, 0.6) is 0 Å². The minimum Gasteiger partial charge on any atom is -0.394 e. The SMILES string of the molecule is CC(C)=CCC[C@](C)(O)[C@H]1CC[C@]2(C)C1[C@H](O)CC1[C@@]3(C)CC[C@H](O)C(C)(C)[C@@H]3[C@@H](O[C@@H]3O[C@H](CO)[C@@H](O)[C@H](O)[C@H]3O)C[C@]12C. The fraction of sp³-hybridized carbons (Fsp3) is 0.944. The van der Waals surface area contributed by atoms with Gasteiger partial charge in [-0.3, -0.25) is 0 Å². The topological polar surface area (TPSA) is 160 Å². The monoisotopic (exact) mass is 638 g/mol. The molecule has 5 fully saturated rings. The molecule has 1 aliphatic heterocycles. The van der Waals surface area contributed by atoms with E-state index in [-0.39, 0.29) is 39.9 Å². The second kappa shape index (κ2) is 12.1. The van der Waals surface area contributed by atoms with Crippen molar-refractivity contribution in [2.75, 3.05) is 6.61 Å². The standard InChI is InChI=1S/C36H62O9/c1-19(2)10-9-13-36(8,43)20-11-15-34(6)26(20)21(38)16-24-33(5)14-12-25(39)32(3,4)30(33)22(17-35(24,34)7)44-31-29(42)28(41)27(40)23(18-37)45-31/h10,20-31,37-43H,9,11-18H2,1-8H3/t20-,21+,22-,23+,24?,25-,26?,27+,28-,29+,30-,31+,33+,34+,35+,36-/m0/s1. The lowest BCUT2D eigenvalue weighted by atomic mass is 9.34. The maximum atomic E-state index is 12.1. The van der Waals surface area contributed by atoms with Gasteiger partial charge in [0.15, 0.2) is 6.29 Å². The lowest BCUT2D eigenvalue weighted by Crippen LogP contribution is -2.71. The van der Waals surface area contributed by atoms with Gasteiger partial charge in [-0.25, -0.2) is 0 Å². The van der Waals surface area contributed by atoms with Crippen LogP contribution in [0, 0.1) is 45.3 Å². The van der Waals surface area contributed by atoms with Gasteiger partial charge in [-0.2, -0.15) is 0 Å². The van der Waals surface area contributed by atoms with E-state index in [1.165, 1.54) is 5.57 Å². The number of aliphatic hydroxyl groups is 7. The Hall–Kier alpha value is -0.620. The molecule has 9 heteroatoms. The first-order chi connectivity index (χ1) is 20.8. The number of hydrogen-bond donors (Lipinski definition) is 7. The first-order valence-corrected chi connectivity index (χ1v) is 17.4. The summed E-state index contributed by atoms with van der Waals surface area (Å²) in [6.45, 7) is 16.6. The number of rotatable bonds is 7. The Kier molecular flexibility index (Phi) is 9.56. The van der Waals surface area contributed by atoms with Crippen molar-refractivity contribution >= 4 is 0 Å². The fourth-order valence-electron chi connectivity index (χ4n) is 11.9. The van der Waals surface area contributed by atoms with Gasteiger partial charge in [0.05, 0.1) is 30.5 Å². The van der Waals surface area contributed by atoms with Gasteiger partial charge in [-0.1, -0.05) is 46.3 Å². The van der Waals surface area contributed by atoms with Crippen LogP contribution in [0.25, 0.3) is 0 Å². The zero-order chi connectivity index (χ0) is 33.5. The second-order valence-corrected chi connectivity index (χ2v) is 17.5. The van der Waals surface area contributed by atoms with Crippen LogP contribution in [-0.2, 0) is 9.47 Å². The average Bonchev–Trinajstić information content (AvgIpc) is 3.33. The summed E-state index contributed by atoms with van der Waals surface area (Å²) >= 11 is 0. The van der Waals surface area contributed by atoms with Crippen molar-refractivity contribution < 1.29 is 45.2 Å². The molecule has 16 atom stereocenters. The Morgan fingerprint density at radius 3 is 2.22 bits per heavy atom. The number of ether oxygens (including phenoxy) is 2. The number of allylic oxidation sites excluding steroid dienone is 2. The van der Waals surface area contributed by atoms with Gasteiger partial charge in [-0.05, 0) is 117 Å². The Labute approximate surface area is 270 Å². The molecular weight excluding hydrogens is 576 g/mol. The molecule has 0 spiro atoms. The highest BCUT2D eigenvalue weighted by Crippen LogP contribution is 2.76. The van der Waals surface area contributed by atoms with E-state index >= 15 is 0 Å². The van der Waals surface area contributed by atoms with Crippen LogP contribution in [0.15, 0.2) is 11.6 Å². The highest BCUT2D eigenvalue weighted by atomic mass is 16.7. The fourth-order valence-corrected chi connectivity index (χ4v) is 11.9. The van der Waals surface area contributed by atoms with Crippen LogP contribution >= 0.6 is 0 Å². The lowest BCUT2D eigenvalue weighted by molar-refractivity contribution is -0.346. The molecule has 1 saturated heterocycles. The summed E-state index contributed by atoms with van der Waals surface area (Å²) < 4.78 is 12.6. The third kappa shape index (κ3) is 5.48. The van der Waals surface area contributed by atoms with Gasteiger partial charge < -0.3 is 45.2 Å². The first-order valence-electron chi connectivity index (χ1n) is 17.4. The van der Waals surface area contributed by atoms with E-state index in [2.05, 4.69) is 54.5 Å². The largest absolute Gasteiger partial charge is 0.394 e. The minimum atomic E-state index is -1.54. The van der Waals surface area contributed by atoms with Gasteiger partial charge in [0.1, 0.15) is 24.4 Å². The molecule has 45 heavy (non-hydrogen) atoms. The van der Waals surface area contributed by atoms with E-state index < -0.39 is 66.6 Å². The van der Waals surface area contributed by atoms with E-state index in [4.69, 9.17) is 9.47 Å². The van der Waals surface area contributed by atoms with Crippen molar-refractivity contribution in [3.63, 3.8) is 0 Å². The highest BCUT2D eigenvalue weighted by Gasteiger charge is 2.73. The Balaban J connectivity index is 1.54. The number of hydrogen-bond acceptors (Lipinski definition) is 9. The predicted molar refractivity (Wildman–Crippen MR) is 170 cm³/mol. The minimum absolute atomic E-state index is 0.0548. The van der Waals surface area contributed by atoms with E-state index in [1.54, 1.807) is 0 Å². The lowest BCUT2D eigenvalue weighted by Gasteiger charge is -2.72. The van der Waals surface area contributed by atoms with E-state index in [0.29, 0.717) is 25.7 Å². The zero-order valence-electron chi connectivity index (χ0n) is 28.8. The maximum absolute atomic E-state index is 12.1. The molecule has 260 valence electrons. The van der Waals surface area contributed by atoms with E-state index in [0.717, 1.165) is 25.7 Å². The molecule has 0 aromatic rings. The van der Waals surface area contributed by atoms with Crippen molar-refractivity contribution in [1.82, 2.24) is 0 Å². The molecule has 5 aliphatic rings. The molecule has 2 unspecified atom stereocenters. The van der Waals surface area contributed by atoms with Crippen molar-refractivity contribution in [1.29, 1.82) is 0 Å². The summed E-state index contributed by atoms with van der Waals surface area (Å²) in [6.07, 6.45) is -0.603. The molecule has 4 saturated carbocycles. The summed E-state index contributed by atoms with van der Waals surface area (Å²) in [6, 6.07) is 0. The van der Waals surface area contributed by atoms with E-state index in [1.807, 2.05) is 6.92 Å². The Bertz CT molecular complexity index is 1100. The molecule has 0 aromatic carbocycles. The average molecular weight is 639 g/mol. The van der Waals surface area contributed by atoms with Crippen LogP contribution in [-0.4, -0.2) is 97.0 Å². The molecule has 4 aliphatic carbocycles. The van der Waals surface area contributed by atoms with Gasteiger partial charge in [0.2, 0.25) is 0 Å². The van der Waals surface area contributed by atoms with Gasteiger partial charge in [0, 0.05) is 0 Å². The third-order valence-electron chi connectivity index (χ3n) is 14.4. The van der Waals surface area contributed by atoms with Crippen LogP contribution in [0.4, 0.5) is 0 Å². The van der Waals surface area contributed by atoms with Gasteiger partial charge in [0.25, 0.3) is 0 Å². The van der Waals surface area contributed by atoms with Crippen LogP contribution in [0.2, 0.25) is 0 Å². The van der Waals surface area contributed by atoms with Crippen LogP contribution < -0.4 is 0 Å². The van der Waals surface area contributed by atoms with Crippen LogP contribution in [0.1, 0.15) is 107 Å². The van der Waals surface area contributed by atoms with E-state index in [9.17, 15) is 35.7 Å². The molecule has 0 radical (unpaired) electrons. The summed E-state index contributed by atoms with van der Waals surface area (Å²) in [5.74, 6) is -0.186. The molecular formula is C36H62O9. The number of aliphatic hydroxyl groups excluding tert-OH is 6. The summed E-state index contributed by atoms with van der Waals surface area (Å²) in [5, 5.41) is 77.2. The predicted octanol–water partition coefficient (Wildman–Crippen LogP) is 3.30. The highest BCUT2D eigenvalue weighted by molar-refractivity contribution is 5.22. The Morgan fingerprint density at radius 1 is 0.933 bits per heavy atom. The molecule has 9 nitrogen and oxygen atoms in total. The Morgan fingerprint density at radius 2 is 1.60 bits per heavy atom. The molecule has 0 amide bonds. The summed E-state index contributed by atoms with van der Waals surface area (Å²) in [4.78, 5) is 0. The summed E-state index contributed by atoms with van der Waals surface area (Å²) in [5.41, 5.74) is -1.21. The summed E-state index contributed by atoms with van der Waals surface area (Å²) in [7, 11) is 0. The van der Waals surface area contributed by atoms with Crippen molar-refractivity contribution in [2.24, 2.45) is 45.3 Å². The third-order valence-corrected chi connectivity index (χ3v) is 14.4. The molecule has 0 aromatic heterocycles. The number of fused-ring (bicyclic) bond motifs is 5. The van der Waals surface area contributed by atoms with Crippen molar-refractivity contribution in [3.05, 3.63) is 11.6 Å². The molecule has 0 bridgehead atoms. The van der Waals surface area contributed by atoms with Crippen molar-refractivity contribution in [2.45, 2.75) is 161 Å². The maximum Gasteiger partial charge on any atom is 0.186 e. The normalized spacial score (nSPS) is 52.2. The van der Waals surface area contributed by atoms with Gasteiger partial charge in [-0.15, -0.1) is 0 Å². The molecule has 1 heterocycles. The first kappa shape index (κ1) is 35.7. The second-order valence-electron chi connectivity index (χ2n) is 17.5. The smallest absolute Gasteiger partial charge is 0.186 e. The van der Waals surface area contributed by atoms with Crippen LogP contribution in [0.3, 0.4) is 0 Å². The molecule has 7 N–H and O–H groups in total. The van der Waals surface area contributed by atoms with Gasteiger partial charge >= 0.3 is 0 Å².